The van der Waals surface area contributed by atoms with Gasteiger partial charge in [-0.3, -0.25) is 14.3 Å². The summed E-state index contributed by atoms with van der Waals surface area (Å²) in [6, 6.07) is 13.3. The van der Waals surface area contributed by atoms with Crippen molar-refractivity contribution < 1.29 is 9.59 Å². The number of hydrogen-bond donors (Lipinski definition) is 2. The van der Waals surface area contributed by atoms with Crippen molar-refractivity contribution in [3.63, 3.8) is 0 Å². The lowest BCUT2D eigenvalue weighted by molar-refractivity contribution is 0.0955. The van der Waals surface area contributed by atoms with Crippen LogP contribution in [-0.4, -0.2) is 28.1 Å². The minimum atomic E-state index is -0.291. The predicted octanol–water partition coefficient (Wildman–Crippen LogP) is 2.71. The fourth-order valence-corrected chi connectivity index (χ4v) is 3.19. The number of aryl methyl sites for hydroxylation is 1. The van der Waals surface area contributed by atoms with Crippen LogP contribution in [0.5, 0.6) is 0 Å². The van der Waals surface area contributed by atoms with Gasteiger partial charge in [0.15, 0.2) is 0 Å². The summed E-state index contributed by atoms with van der Waals surface area (Å²) < 4.78 is 1.49. The number of carbonyl (C=O) groups excluding carboxylic acids is 2. The first-order chi connectivity index (χ1) is 12.1. The van der Waals surface area contributed by atoms with Crippen LogP contribution in [0, 0.1) is 0 Å². The maximum Gasteiger partial charge on any atom is 0.274 e. The number of nitrogens with one attached hydrogen (secondary N) is 2. The second-order valence-corrected chi connectivity index (χ2v) is 6.37. The van der Waals surface area contributed by atoms with E-state index in [1.165, 1.54) is 16.0 Å². The molecule has 0 saturated heterocycles. The highest BCUT2D eigenvalue weighted by molar-refractivity contribution is 7.14. The number of benzene rings is 1. The van der Waals surface area contributed by atoms with Crippen LogP contribution in [0.4, 0.5) is 5.00 Å². The third-order valence-corrected chi connectivity index (χ3v) is 4.56. The lowest BCUT2D eigenvalue weighted by Gasteiger charge is -2.08. The van der Waals surface area contributed by atoms with Crippen LogP contribution < -0.4 is 10.6 Å². The Labute approximate surface area is 149 Å². The highest BCUT2D eigenvalue weighted by Crippen LogP contribution is 2.23. The van der Waals surface area contributed by atoms with Crippen LogP contribution in [0.25, 0.3) is 0 Å². The topological polar surface area (TPSA) is 76.0 Å². The molecule has 0 aliphatic carbocycles. The van der Waals surface area contributed by atoms with Gasteiger partial charge in [0.05, 0.1) is 5.56 Å². The van der Waals surface area contributed by atoms with Crippen molar-refractivity contribution in [3.8, 4) is 0 Å². The Bertz CT molecular complexity index is 870. The number of thiophene rings is 1. The summed E-state index contributed by atoms with van der Waals surface area (Å²) in [7, 11) is 1.69. The summed E-state index contributed by atoms with van der Waals surface area (Å²) in [5.74, 6) is -0.488. The number of carbonyl (C=O) groups is 2. The first-order valence-corrected chi connectivity index (χ1v) is 8.72. The third kappa shape index (κ3) is 4.13. The molecule has 2 amide bonds. The van der Waals surface area contributed by atoms with Crippen molar-refractivity contribution >= 4 is 28.2 Å². The Morgan fingerprint density at radius 3 is 2.64 bits per heavy atom. The van der Waals surface area contributed by atoms with Crippen molar-refractivity contribution in [1.29, 1.82) is 0 Å². The highest BCUT2D eigenvalue weighted by atomic mass is 32.1. The average molecular weight is 354 g/mol. The summed E-state index contributed by atoms with van der Waals surface area (Å²) in [5, 5.41) is 12.0. The van der Waals surface area contributed by atoms with Gasteiger partial charge in [0, 0.05) is 19.8 Å². The highest BCUT2D eigenvalue weighted by Gasteiger charge is 2.17. The molecule has 0 aliphatic heterocycles. The molecule has 128 valence electrons. The molecule has 7 heteroatoms. The summed E-state index contributed by atoms with van der Waals surface area (Å²) in [6.45, 7) is 0.536. The Balaban J connectivity index is 1.60. The molecule has 3 aromatic rings. The lowest BCUT2D eigenvalue weighted by Crippen LogP contribution is -2.26. The molecule has 0 saturated carbocycles. The fourth-order valence-electron chi connectivity index (χ4n) is 2.41. The van der Waals surface area contributed by atoms with E-state index >= 15 is 0 Å². The van der Waals surface area contributed by atoms with Gasteiger partial charge >= 0.3 is 0 Å². The molecule has 0 spiro atoms. The molecule has 0 aliphatic rings. The van der Waals surface area contributed by atoms with Crippen LogP contribution in [0.2, 0.25) is 0 Å². The van der Waals surface area contributed by atoms with E-state index in [0.29, 0.717) is 22.8 Å². The Morgan fingerprint density at radius 1 is 1.12 bits per heavy atom. The number of hydrogen-bond acceptors (Lipinski definition) is 4. The van der Waals surface area contributed by atoms with Gasteiger partial charge < -0.3 is 10.6 Å². The summed E-state index contributed by atoms with van der Waals surface area (Å²) >= 11 is 1.32. The van der Waals surface area contributed by atoms with E-state index in [2.05, 4.69) is 15.7 Å². The van der Waals surface area contributed by atoms with Crippen LogP contribution in [0.1, 0.15) is 26.4 Å². The molecule has 0 atom stereocenters. The minimum absolute atomic E-state index is 0.197. The molecular formula is C18H18N4O2S. The zero-order chi connectivity index (χ0) is 17.6. The first kappa shape index (κ1) is 16.9. The zero-order valence-corrected chi connectivity index (χ0v) is 14.5. The van der Waals surface area contributed by atoms with Crippen molar-refractivity contribution in [2.75, 3.05) is 11.9 Å². The van der Waals surface area contributed by atoms with Crippen molar-refractivity contribution in [2.45, 2.75) is 6.42 Å². The van der Waals surface area contributed by atoms with Gasteiger partial charge in [0.2, 0.25) is 0 Å². The minimum Gasteiger partial charge on any atom is -0.352 e. The van der Waals surface area contributed by atoms with E-state index in [4.69, 9.17) is 0 Å². The second kappa shape index (κ2) is 7.76. The average Bonchev–Trinajstić information content (AvgIpc) is 3.24. The third-order valence-electron chi connectivity index (χ3n) is 3.73. The van der Waals surface area contributed by atoms with E-state index in [1.54, 1.807) is 30.8 Å². The van der Waals surface area contributed by atoms with Crippen LogP contribution in [-0.2, 0) is 13.5 Å². The molecule has 1 aromatic carbocycles. The molecule has 2 aromatic heterocycles. The predicted molar refractivity (Wildman–Crippen MR) is 98.0 cm³/mol. The Kier molecular flexibility index (Phi) is 5.25. The Morgan fingerprint density at radius 2 is 1.92 bits per heavy atom. The van der Waals surface area contributed by atoms with E-state index in [9.17, 15) is 9.59 Å². The maximum absolute atomic E-state index is 12.4. The van der Waals surface area contributed by atoms with Gasteiger partial charge in [-0.15, -0.1) is 11.3 Å². The zero-order valence-electron chi connectivity index (χ0n) is 13.7. The Hall–Kier alpha value is -2.93. The van der Waals surface area contributed by atoms with E-state index in [-0.39, 0.29) is 11.8 Å². The summed E-state index contributed by atoms with van der Waals surface area (Å²) in [5.41, 5.74) is 2.07. The van der Waals surface area contributed by atoms with E-state index in [1.807, 2.05) is 30.3 Å². The lowest BCUT2D eigenvalue weighted by atomic mass is 10.1. The van der Waals surface area contributed by atoms with E-state index < -0.39 is 0 Å². The van der Waals surface area contributed by atoms with Crippen molar-refractivity contribution in [2.24, 2.45) is 7.05 Å². The molecule has 25 heavy (non-hydrogen) atoms. The summed E-state index contributed by atoms with van der Waals surface area (Å²) in [4.78, 5) is 24.6. The van der Waals surface area contributed by atoms with Crippen LogP contribution in [0.15, 0.2) is 54.0 Å². The molecule has 6 nitrogen and oxygen atoms in total. The van der Waals surface area contributed by atoms with Gasteiger partial charge in [-0.2, -0.15) is 5.10 Å². The fraction of sp³-hybridized carbons (Fsp3) is 0.167. The molecule has 2 N–H and O–H groups in total. The SMILES string of the molecule is Cn1nccc1C(=O)Nc1sccc1C(=O)NCCc1ccccc1. The smallest absolute Gasteiger partial charge is 0.274 e. The van der Waals surface area contributed by atoms with Crippen molar-refractivity contribution in [3.05, 3.63) is 70.9 Å². The number of amides is 2. The molecular weight excluding hydrogens is 336 g/mol. The molecule has 3 rings (SSSR count). The van der Waals surface area contributed by atoms with Crippen molar-refractivity contribution in [1.82, 2.24) is 15.1 Å². The molecule has 2 heterocycles. The number of rotatable bonds is 6. The molecule has 0 bridgehead atoms. The molecule has 0 unspecified atom stereocenters. The van der Waals surface area contributed by atoms with Gasteiger partial charge in [0.25, 0.3) is 11.8 Å². The largest absolute Gasteiger partial charge is 0.352 e. The van der Waals surface area contributed by atoms with Crippen LogP contribution >= 0.6 is 11.3 Å². The quantitative estimate of drug-likeness (QED) is 0.715. The first-order valence-electron chi connectivity index (χ1n) is 7.84. The van der Waals surface area contributed by atoms with Crippen LogP contribution in [0.3, 0.4) is 0 Å². The number of anilines is 1. The molecule has 0 fully saturated rings. The number of nitrogens with zero attached hydrogens (tertiary/aromatic N) is 2. The number of aromatic nitrogens is 2. The molecule has 0 radical (unpaired) electrons. The van der Waals surface area contributed by atoms with Gasteiger partial charge in [0.1, 0.15) is 10.7 Å². The monoisotopic (exact) mass is 354 g/mol. The van der Waals surface area contributed by atoms with Gasteiger partial charge in [-0.1, -0.05) is 30.3 Å². The van der Waals surface area contributed by atoms with E-state index in [0.717, 1.165) is 12.0 Å². The van der Waals surface area contributed by atoms with Gasteiger partial charge in [-0.05, 0) is 29.5 Å². The standard InChI is InChI=1S/C18H18N4O2S/c1-22-15(8-11-20-22)17(24)21-18-14(9-12-25-18)16(23)19-10-7-13-5-3-2-4-6-13/h2-6,8-9,11-12H,7,10H2,1H3,(H,19,23)(H,21,24). The van der Waals surface area contributed by atoms with Gasteiger partial charge in [-0.25, -0.2) is 0 Å². The maximum atomic E-state index is 12.4. The normalized spacial score (nSPS) is 10.4. The summed E-state index contributed by atoms with van der Waals surface area (Å²) in [6.07, 6.45) is 2.31. The second-order valence-electron chi connectivity index (χ2n) is 5.45.